The number of ether oxygens (including phenoxy) is 1. The van der Waals surface area contributed by atoms with Crippen molar-refractivity contribution < 1.29 is 18.3 Å². The van der Waals surface area contributed by atoms with Crippen LogP contribution in [0, 0.1) is 11.6 Å². The minimum atomic E-state index is -0.958. The first-order valence-corrected chi connectivity index (χ1v) is 9.96. The zero-order valence-corrected chi connectivity index (χ0v) is 17.9. The molecule has 0 aromatic carbocycles. The highest BCUT2D eigenvalue weighted by Crippen LogP contribution is 2.33. The highest BCUT2D eigenvalue weighted by Gasteiger charge is 2.25. The van der Waals surface area contributed by atoms with E-state index < -0.39 is 23.2 Å². The molecule has 0 saturated carbocycles. The fraction of sp³-hybridized carbons (Fsp3) is 0.273. The van der Waals surface area contributed by atoms with Crippen molar-refractivity contribution in [3.05, 3.63) is 65.4 Å². The Morgan fingerprint density at radius 1 is 1.25 bits per heavy atom. The zero-order valence-electron chi connectivity index (χ0n) is 17.9. The number of aryl methyl sites for hydroxylation is 1. The number of aromatic nitrogens is 4. The second-order valence-corrected chi connectivity index (χ2v) is 7.43. The molecule has 8 nitrogen and oxygen atoms in total. The number of rotatable bonds is 5. The molecule has 1 amide bonds. The average Bonchev–Trinajstić information content (AvgIpc) is 3.18. The largest absolute Gasteiger partial charge is 0.493 e. The average molecular weight is 440 g/mol. The summed E-state index contributed by atoms with van der Waals surface area (Å²) in [5.41, 5.74) is 2.39. The summed E-state index contributed by atoms with van der Waals surface area (Å²) in [5, 5.41) is 6.50. The number of amides is 1. The molecule has 0 unspecified atom stereocenters. The van der Waals surface area contributed by atoms with Gasteiger partial charge >= 0.3 is 0 Å². The molecule has 3 aromatic heterocycles. The summed E-state index contributed by atoms with van der Waals surface area (Å²) in [6.07, 6.45) is 4.18. The van der Waals surface area contributed by atoms with Crippen LogP contribution in [0.2, 0.25) is 0 Å². The standard InChI is InChI=1S/C22H22F2N6O2/c1-13-6-8-30(21-19(32-3)5-4-7-26-21)12-14(13)18-9-17(28-29(18)2)22(31)27-20-15(23)10-25-11-16(20)24/h4-5,7,9-11H,6,8,12H2,1-3H3,(H,25,27,31). The van der Waals surface area contributed by atoms with Crippen LogP contribution in [0.15, 0.2) is 42.4 Å². The number of anilines is 2. The summed E-state index contributed by atoms with van der Waals surface area (Å²) in [5.74, 6) is -1.21. The van der Waals surface area contributed by atoms with Gasteiger partial charge in [-0.1, -0.05) is 5.57 Å². The number of nitrogens with one attached hydrogen (secondary N) is 1. The van der Waals surface area contributed by atoms with Crippen molar-refractivity contribution in [3.8, 4) is 5.75 Å². The number of carbonyl (C=O) groups is 1. The van der Waals surface area contributed by atoms with Gasteiger partial charge < -0.3 is 15.0 Å². The van der Waals surface area contributed by atoms with Gasteiger partial charge in [0.1, 0.15) is 5.69 Å². The van der Waals surface area contributed by atoms with Crippen LogP contribution in [0.4, 0.5) is 20.3 Å². The summed E-state index contributed by atoms with van der Waals surface area (Å²) >= 11 is 0. The molecule has 0 spiro atoms. The third-order valence-electron chi connectivity index (χ3n) is 5.40. The Hall–Kier alpha value is -3.82. The Morgan fingerprint density at radius 3 is 2.72 bits per heavy atom. The Labute approximate surface area is 183 Å². The fourth-order valence-electron chi connectivity index (χ4n) is 3.69. The Balaban J connectivity index is 1.61. The van der Waals surface area contributed by atoms with E-state index in [1.807, 2.05) is 19.1 Å². The topological polar surface area (TPSA) is 85.2 Å². The smallest absolute Gasteiger partial charge is 0.276 e. The monoisotopic (exact) mass is 440 g/mol. The molecule has 32 heavy (non-hydrogen) atoms. The second kappa shape index (κ2) is 8.74. The van der Waals surface area contributed by atoms with Crippen molar-refractivity contribution in [2.75, 3.05) is 30.4 Å². The first kappa shape index (κ1) is 21.4. The molecule has 0 aliphatic carbocycles. The van der Waals surface area contributed by atoms with Gasteiger partial charge in [0, 0.05) is 26.3 Å². The van der Waals surface area contributed by atoms with Gasteiger partial charge in [-0.25, -0.2) is 13.8 Å². The Morgan fingerprint density at radius 2 is 2.00 bits per heavy atom. The Kier molecular flexibility index (Phi) is 5.85. The molecular weight excluding hydrogens is 418 g/mol. The van der Waals surface area contributed by atoms with E-state index in [0.717, 1.165) is 48.0 Å². The second-order valence-electron chi connectivity index (χ2n) is 7.43. The molecule has 1 N–H and O–H groups in total. The van der Waals surface area contributed by atoms with E-state index >= 15 is 0 Å². The van der Waals surface area contributed by atoms with Crippen LogP contribution in [-0.4, -0.2) is 45.9 Å². The number of hydrogen-bond acceptors (Lipinski definition) is 6. The van der Waals surface area contributed by atoms with E-state index in [4.69, 9.17) is 4.74 Å². The third kappa shape index (κ3) is 4.03. The predicted octanol–water partition coefficient (Wildman–Crippen LogP) is 3.43. The predicted molar refractivity (Wildman–Crippen MR) is 116 cm³/mol. The summed E-state index contributed by atoms with van der Waals surface area (Å²) < 4.78 is 34.7. The summed E-state index contributed by atoms with van der Waals surface area (Å²) in [4.78, 5) is 22.6. The zero-order chi connectivity index (χ0) is 22.8. The number of pyridine rings is 2. The fourth-order valence-corrected chi connectivity index (χ4v) is 3.69. The van der Waals surface area contributed by atoms with E-state index in [-0.39, 0.29) is 5.69 Å². The lowest BCUT2D eigenvalue weighted by atomic mass is 9.98. The molecule has 1 aliphatic heterocycles. The third-order valence-corrected chi connectivity index (χ3v) is 5.40. The number of carbonyl (C=O) groups excluding carboxylic acids is 1. The van der Waals surface area contributed by atoms with Crippen LogP contribution < -0.4 is 15.0 Å². The van der Waals surface area contributed by atoms with Gasteiger partial charge in [-0.3, -0.25) is 14.5 Å². The van der Waals surface area contributed by atoms with Gasteiger partial charge in [0.2, 0.25) is 0 Å². The van der Waals surface area contributed by atoms with Gasteiger partial charge in [-0.05, 0) is 37.1 Å². The van der Waals surface area contributed by atoms with Crippen molar-refractivity contribution >= 4 is 23.0 Å². The van der Waals surface area contributed by atoms with Crippen LogP contribution in [0.5, 0.6) is 5.75 Å². The van der Waals surface area contributed by atoms with Crippen LogP contribution >= 0.6 is 0 Å². The molecule has 0 atom stereocenters. The molecule has 0 saturated heterocycles. The summed E-state index contributed by atoms with van der Waals surface area (Å²) in [7, 11) is 3.33. The molecule has 3 aromatic rings. The Bertz CT molecular complexity index is 1190. The van der Waals surface area contributed by atoms with Crippen molar-refractivity contribution in [1.29, 1.82) is 0 Å². The number of halogens is 2. The van der Waals surface area contributed by atoms with Crippen molar-refractivity contribution in [1.82, 2.24) is 19.7 Å². The number of nitrogens with zero attached hydrogens (tertiary/aromatic N) is 5. The van der Waals surface area contributed by atoms with Crippen molar-refractivity contribution in [3.63, 3.8) is 0 Å². The van der Waals surface area contributed by atoms with Crippen LogP contribution in [0.1, 0.15) is 29.5 Å². The van der Waals surface area contributed by atoms with Crippen LogP contribution in [0.25, 0.3) is 5.57 Å². The van der Waals surface area contributed by atoms with Crippen LogP contribution in [-0.2, 0) is 7.05 Å². The van der Waals surface area contributed by atoms with Gasteiger partial charge in [0.25, 0.3) is 5.91 Å². The number of methoxy groups -OCH3 is 1. The van der Waals surface area contributed by atoms with E-state index in [9.17, 15) is 13.6 Å². The molecule has 0 fully saturated rings. The van der Waals surface area contributed by atoms with Crippen molar-refractivity contribution in [2.24, 2.45) is 7.05 Å². The first-order chi connectivity index (χ1) is 15.4. The lowest BCUT2D eigenvalue weighted by Gasteiger charge is -2.31. The van der Waals surface area contributed by atoms with E-state index in [2.05, 4.69) is 25.3 Å². The summed E-state index contributed by atoms with van der Waals surface area (Å²) in [6, 6.07) is 5.29. The maximum absolute atomic E-state index is 13.8. The lowest BCUT2D eigenvalue weighted by molar-refractivity contribution is 0.102. The van der Waals surface area contributed by atoms with Crippen LogP contribution in [0.3, 0.4) is 0 Å². The highest BCUT2D eigenvalue weighted by atomic mass is 19.1. The maximum Gasteiger partial charge on any atom is 0.276 e. The minimum absolute atomic E-state index is 0.0472. The minimum Gasteiger partial charge on any atom is -0.493 e. The molecule has 0 bridgehead atoms. The molecule has 4 heterocycles. The SMILES string of the molecule is COc1cccnc1N1CCC(C)=C(c2cc(C(=O)Nc3c(F)cncc3F)nn2C)C1. The van der Waals surface area contributed by atoms with E-state index in [0.29, 0.717) is 12.3 Å². The molecule has 166 valence electrons. The number of hydrogen-bond donors (Lipinski definition) is 1. The molecule has 1 aliphatic rings. The quantitative estimate of drug-likeness (QED) is 0.654. The van der Waals surface area contributed by atoms with Gasteiger partial charge in [-0.15, -0.1) is 0 Å². The van der Waals surface area contributed by atoms with E-state index in [1.54, 1.807) is 31.1 Å². The molecule has 4 rings (SSSR count). The van der Waals surface area contributed by atoms with Gasteiger partial charge in [0.15, 0.2) is 28.9 Å². The maximum atomic E-state index is 13.8. The highest BCUT2D eigenvalue weighted by molar-refractivity contribution is 6.03. The molecular formula is C22H22F2N6O2. The van der Waals surface area contributed by atoms with Crippen molar-refractivity contribution in [2.45, 2.75) is 13.3 Å². The van der Waals surface area contributed by atoms with E-state index in [1.165, 1.54) is 0 Å². The lowest BCUT2D eigenvalue weighted by Crippen LogP contribution is -2.32. The molecule has 0 radical (unpaired) electrons. The van der Waals surface area contributed by atoms with Gasteiger partial charge in [-0.2, -0.15) is 5.10 Å². The molecule has 10 heteroatoms. The normalized spacial score (nSPS) is 14.0. The summed E-state index contributed by atoms with van der Waals surface area (Å²) in [6.45, 7) is 3.36. The first-order valence-electron chi connectivity index (χ1n) is 9.96. The van der Waals surface area contributed by atoms with Gasteiger partial charge in [0.05, 0.1) is 25.2 Å².